The summed E-state index contributed by atoms with van der Waals surface area (Å²) in [4.78, 5) is 4.23. The minimum Gasteiger partial charge on any atom is -0.377 e. The molecule has 0 radical (unpaired) electrons. The van der Waals surface area contributed by atoms with Gasteiger partial charge in [-0.3, -0.25) is 0 Å². The zero-order valence-electron chi connectivity index (χ0n) is 12.4. The predicted molar refractivity (Wildman–Crippen MR) is 79.3 cm³/mol. The van der Waals surface area contributed by atoms with Crippen molar-refractivity contribution in [3.8, 4) is 0 Å². The number of rotatable bonds is 8. The molecule has 1 heterocycles. The third kappa shape index (κ3) is 5.07. The first-order valence-electron chi connectivity index (χ1n) is 6.55. The van der Waals surface area contributed by atoms with Gasteiger partial charge in [0.2, 0.25) is 10.0 Å². The zero-order chi connectivity index (χ0) is 15.2. The molecular weight excluding hydrogens is 278 g/mol. The minimum absolute atomic E-state index is 0.145. The van der Waals surface area contributed by atoms with Crippen molar-refractivity contribution in [1.29, 1.82) is 0 Å². The zero-order valence-corrected chi connectivity index (χ0v) is 13.3. The van der Waals surface area contributed by atoms with Crippen LogP contribution in [-0.4, -0.2) is 39.2 Å². The van der Waals surface area contributed by atoms with Crippen LogP contribution in [-0.2, 0) is 14.8 Å². The molecule has 2 N–H and O–H groups in total. The van der Waals surface area contributed by atoms with Crippen LogP contribution in [0.3, 0.4) is 0 Å². The highest BCUT2D eigenvalue weighted by Gasteiger charge is 2.21. The lowest BCUT2D eigenvalue weighted by molar-refractivity contribution is 0.0276. The number of anilines is 1. The molecule has 0 atom stereocenters. The Bertz CT molecular complexity index is 512. The molecule has 0 unspecified atom stereocenters. The summed E-state index contributed by atoms with van der Waals surface area (Å²) in [5.41, 5.74) is -0.552. The number of methoxy groups -OCH3 is 1. The van der Waals surface area contributed by atoms with Crippen LogP contribution in [0.4, 0.5) is 5.82 Å². The van der Waals surface area contributed by atoms with Crippen molar-refractivity contribution in [2.75, 3.05) is 25.5 Å². The van der Waals surface area contributed by atoms with Crippen molar-refractivity contribution >= 4 is 15.8 Å². The molecule has 0 fully saturated rings. The summed E-state index contributed by atoms with van der Waals surface area (Å²) in [7, 11) is -2.02. The Hall–Kier alpha value is -1.18. The molecule has 0 aliphatic rings. The first-order chi connectivity index (χ1) is 9.30. The molecule has 0 spiro atoms. The highest BCUT2D eigenvalue weighted by molar-refractivity contribution is 7.89. The Morgan fingerprint density at radius 2 is 2.05 bits per heavy atom. The maximum atomic E-state index is 12.1. The van der Waals surface area contributed by atoms with Gasteiger partial charge in [0.15, 0.2) is 0 Å². The fourth-order valence-corrected chi connectivity index (χ4v) is 2.46. The number of hydrogen-bond acceptors (Lipinski definition) is 5. The van der Waals surface area contributed by atoms with E-state index in [9.17, 15) is 8.42 Å². The van der Waals surface area contributed by atoms with E-state index in [-0.39, 0.29) is 11.4 Å². The second-order valence-electron chi connectivity index (χ2n) is 5.09. The normalized spacial score (nSPS) is 12.4. The molecule has 0 saturated heterocycles. The van der Waals surface area contributed by atoms with E-state index in [1.165, 1.54) is 12.3 Å². The van der Waals surface area contributed by atoms with Gasteiger partial charge in [0.05, 0.1) is 5.60 Å². The van der Waals surface area contributed by atoms with Crippen LogP contribution in [0, 0.1) is 0 Å². The van der Waals surface area contributed by atoms with E-state index in [0.29, 0.717) is 5.82 Å². The lowest BCUT2D eigenvalue weighted by Crippen LogP contribution is -2.39. The molecule has 114 valence electrons. The average molecular weight is 301 g/mol. The van der Waals surface area contributed by atoms with Gasteiger partial charge in [-0.2, -0.15) is 0 Å². The van der Waals surface area contributed by atoms with Crippen molar-refractivity contribution in [2.45, 2.75) is 37.7 Å². The fraction of sp³-hybridized carbons (Fsp3) is 0.615. The first-order valence-corrected chi connectivity index (χ1v) is 8.04. The summed E-state index contributed by atoms with van der Waals surface area (Å²) in [6.07, 6.45) is 2.33. The van der Waals surface area contributed by atoms with Crippen molar-refractivity contribution in [2.24, 2.45) is 0 Å². The minimum atomic E-state index is -3.56. The molecule has 20 heavy (non-hydrogen) atoms. The maximum absolute atomic E-state index is 12.1. The molecule has 0 aromatic carbocycles. The summed E-state index contributed by atoms with van der Waals surface area (Å²) >= 11 is 0. The van der Waals surface area contributed by atoms with Gasteiger partial charge in [0, 0.05) is 26.4 Å². The maximum Gasteiger partial charge on any atom is 0.242 e. The number of nitrogens with zero attached hydrogens (tertiary/aromatic N) is 1. The number of ether oxygens (including phenoxy) is 1. The summed E-state index contributed by atoms with van der Waals surface area (Å²) in [5.74, 6) is 0.669. The van der Waals surface area contributed by atoms with E-state index in [4.69, 9.17) is 4.74 Å². The SMILES string of the molecule is CCCNc1ccc(S(=O)(=O)NCC(C)(C)OC)cn1. The van der Waals surface area contributed by atoms with Crippen LogP contribution in [0.1, 0.15) is 27.2 Å². The van der Waals surface area contributed by atoms with Crippen molar-refractivity contribution in [3.05, 3.63) is 18.3 Å². The highest BCUT2D eigenvalue weighted by Crippen LogP contribution is 2.12. The van der Waals surface area contributed by atoms with Crippen LogP contribution in [0.2, 0.25) is 0 Å². The Morgan fingerprint density at radius 3 is 2.55 bits per heavy atom. The Kier molecular flexibility index (Phi) is 5.91. The highest BCUT2D eigenvalue weighted by atomic mass is 32.2. The topological polar surface area (TPSA) is 80.3 Å². The van der Waals surface area contributed by atoms with E-state index >= 15 is 0 Å². The largest absolute Gasteiger partial charge is 0.377 e. The van der Waals surface area contributed by atoms with Crippen molar-refractivity contribution in [1.82, 2.24) is 9.71 Å². The van der Waals surface area contributed by atoms with Gasteiger partial charge in [0.25, 0.3) is 0 Å². The number of nitrogens with one attached hydrogen (secondary N) is 2. The van der Waals surface area contributed by atoms with Crippen LogP contribution in [0.5, 0.6) is 0 Å². The van der Waals surface area contributed by atoms with Crippen molar-refractivity contribution in [3.63, 3.8) is 0 Å². The smallest absolute Gasteiger partial charge is 0.242 e. The molecule has 0 amide bonds. The number of pyridine rings is 1. The number of aromatic nitrogens is 1. The second-order valence-corrected chi connectivity index (χ2v) is 6.86. The molecule has 0 aliphatic heterocycles. The second kappa shape index (κ2) is 7.01. The fourth-order valence-electron chi connectivity index (χ4n) is 1.32. The molecule has 1 aromatic heterocycles. The molecule has 7 heteroatoms. The Balaban J connectivity index is 2.73. The van der Waals surface area contributed by atoms with Gasteiger partial charge in [-0.1, -0.05) is 6.92 Å². The Morgan fingerprint density at radius 1 is 1.35 bits per heavy atom. The molecule has 0 saturated carbocycles. The van der Waals surface area contributed by atoms with E-state index < -0.39 is 15.6 Å². The average Bonchev–Trinajstić information content (AvgIpc) is 2.44. The predicted octanol–water partition coefficient (Wildman–Crippen LogP) is 1.61. The third-order valence-corrected chi connectivity index (χ3v) is 4.23. The molecule has 1 aromatic rings. The number of sulfonamides is 1. The molecule has 6 nitrogen and oxygen atoms in total. The van der Waals surface area contributed by atoms with Gasteiger partial charge in [-0.05, 0) is 32.4 Å². The Labute approximate surface area is 121 Å². The molecule has 1 rings (SSSR count). The lowest BCUT2D eigenvalue weighted by atomic mass is 10.1. The van der Waals surface area contributed by atoms with E-state index in [2.05, 4.69) is 15.0 Å². The molecule has 0 aliphatic carbocycles. The first kappa shape index (κ1) is 16.9. The quantitative estimate of drug-likeness (QED) is 0.762. The van der Waals surface area contributed by atoms with Crippen LogP contribution >= 0.6 is 0 Å². The summed E-state index contributed by atoms with van der Waals surface area (Å²) in [5, 5.41) is 3.09. The van der Waals surface area contributed by atoms with Gasteiger partial charge in [-0.15, -0.1) is 0 Å². The van der Waals surface area contributed by atoms with Gasteiger partial charge < -0.3 is 10.1 Å². The monoisotopic (exact) mass is 301 g/mol. The van der Waals surface area contributed by atoms with E-state index in [1.807, 2.05) is 20.8 Å². The van der Waals surface area contributed by atoms with E-state index in [1.54, 1.807) is 13.2 Å². The standard InChI is InChI=1S/C13H23N3O3S/c1-5-8-14-12-7-6-11(9-15-12)20(17,18)16-10-13(2,3)19-4/h6-7,9,16H,5,8,10H2,1-4H3,(H,14,15). The van der Waals surface area contributed by atoms with E-state index in [0.717, 1.165) is 13.0 Å². The summed E-state index contributed by atoms with van der Waals surface area (Å²) < 4.78 is 31.9. The van der Waals surface area contributed by atoms with Crippen LogP contribution in [0.15, 0.2) is 23.2 Å². The summed E-state index contributed by atoms with van der Waals surface area (Å²) in [6, 6.07) is 3.19. The van der Waals surface area contributed by atoms with Crippen LogP contribution in [0.25, 0.3) is 0 Å². The van der Waals surface area contributed by atoms with Crippen molar-refractivity contribution < 1.29 is 13.2 Å². The van der Waals surface area contributed by atoms with Crippen LogP contribution < -0.4 is 10.0 Å². The van der Waals surface area contributed by atoms with Gasteiger partial charge in [0.1, 0.15) is 10.7 Å². The third-order valence-electron chi connectivity index (χ3n) is 2.84. The lowest BCUT2D eigenvalue weighted by Gasteiger charge is -2.23. The number of hydrogen-bond donors (Lipinski definition) is 2. The van der Waals surface area contributed by atoms with Gasteiger partial charge >= 0.3 is 0 Å². The molecule has 0 bridgehead atoms. The summed E-state index contributed by atoms with van der Waals surface area (Å²) in [6.45, 7) is 6.67. The molecular formula is C13H23N3O3S. The van der Waals surface area contributed by atoms with Gasteiger partial charge in [-0.25, -0.2) is 18.1 Å².